The van der Waals surface area contributed by atoms with E-state index < -0.39 is 0 Å². The van der Waals surface area contributed by atoms with Crippen LogP contribution < -0.4 is 10.6 Å². The van der Waals surface area contributed by atoms with Crippen LogP contribution in [0.1, 0.15) is 36.7 Å². The van der Waals surface area contributed by atoms with E-state index in [1.54, 1.807) is 6.20 Å². The highest BCUT2D eigenvalue weighted by Crippen LogP contribution is 2.32. The van der Waals surface area contributed by atoms with Crippen LogP contribution >= 0.6 is 0 Å². The molecule has 1 aliphatic rings. The molecule has 0 radical (unpaired) electrons. The van der Waals surface area contributed by atoms with E-state index in [0.717, 1.165) is 47.8 Å². The van der Waals surface area contributed by atoms with Crippen LogP contribution in [0.2, 0.25) is 0 Å². The normalized spacial score (nSPS) is 12.4. The van der Waals surface area contributed by atoms with E-state index in [2.05, 4.69) is 34.4 Å². The Bertz CT molecular complexity index is 1190. The number of aromatic nitrogens is 2. The number of anilines is 3. The van der Waals surface area contributed by atoms with Gasteiger partial charge in [-0.3, -0.25) is 9.59 Å². The summed E-state index contributed by atoms with van der Waals surface area (Å²) < 4.78 is 0. The number of hydrogen-bond donors (Lipinski definition) is 2. The summed E-state index contributed by atoms with van der Waals surface area (Å²) in [4.78, 5) is 38.5. The van der Waals surface area contributed by atoms with Gasteiger partial charge < -0.3 is 20.4 Å². The number of nitrogens with one attached hydrogen (secondary N) is 2. The fourth-order valence-electron chi connectivity index (χ4n) is 4.21. The van der Waals surface area contributed by atoms with Crippen LogP contribution in [0.3, 0.4) is 0 Å². The molecule has 0 atom stereocenters. The van der Waals surface area contributed by atoms with Gasteiger partial charge >= 0.3 is 0 Å². The summed E-state index contributed by atoms with van der Waals surface area (Å²) in [5.74, 6) is 0.377. The van der Waals surface area contributed by atoms with Crippen molar-refractivity contribution in [1.29, 1.82) is 0 Å². The lowest BCUT2D eigenvalue weighted by Crippen LogP contribution is -2.38. The average Bonchev–Trinajstić information content (AvgIpc) is 3.02. The second-order valence-corrected chi connectivity index (χ2v) is 8.45. The highest BCUT2D eigenvalue weighted by Gasteiger charge is 2.21. The lowest BCUT2D eigenvalue weighted by Gasteiger charge is -2.25. The smallest absolute Gasteiger partial charge is 0.253 e. The molecule has 0 saturated heterocycles. The highest BCUT2D eigenvalue weighted by molar-refractivity contribution is 6.00. The molecule has 2 amide bonds. The summed E-state index contributed by atoms with van der Waals surface area (Å²) in [6.07, 6.45) is 1.92. The van der Waals surface area contributed by atoms with Gasteiger partial charge in [-0.2, -0.15) is 0 Å². The second-order valence-electron chi connectivity index (χ2n) is 8.45. The quantitative estimate of drug-likeness (QED) is 0.485. The molecule has 0 saturated carbocycles. The fraction of sp³-hybridized carbons (Fsp3) is 0.333. The number of carbonyl (C=O) groups is 2. The van der Waals surface area contributed by atoms with E-state index in [4.69, 9.17) is 4.98 Å². The molecule has 0 bridgehead atoms. The topological polar surface area (TPSA) is 90.5 Å². The SMILES string of the molecule is CCN(CC)CCN(CC)C(=O)c1ccc(Nc2ncc3c(n2)-c2ccccc2NC(=O)C3)cc1. The first-order valence-electron chi connectivity index (χ1n) is 12.2. The number of hydrogen-bond acceptors (Lipinski definition) is 6. The van der Waals surface area contributed by atoms with Crippen LogP contribution in [-0.2, 0) is 11.2 Å². The molecule has 8 nitrogen and oxygen atoms in total. The Morgan fingerprint density at radius 2 is 1.74 bits per heavy atom. The number of rotatable bonds is 9. The molecule has 2 heterocycles. The molecule has 3 aromatic rings. The lowest BCUT2D eigenvalue weighted by molar-refractivity contribution is -0.115. The largest absolute Gasteiger partial charge is 0.338 e. The molecule has 2 N–H and O–H groups in total. The first kappa shape index (κ1) is 24.3. The number of carbonyl (C=O) groups excluding carboxylic acids is 2. The minimum Gasteiger partial charge on any atom is -0.338 e. The zero-order valence-corrected chi connectivity index (χ0v) is 20.5. The predicted octanol–water partition coefficient (Wildman–Crippen LogP) is 4.19. The van der Waals surface area contributed by atoms with E-state index in [0.29, 0.717) is 24.6 Å². The fourth-order valence-corrected chi connectivity index (χ4v) is 4.21. The van der Waals surface area contributed by atoms with Gasteiger partial charge in [-0.25, -0.2) is 9.97 Å². The van der Waals surface area contributed by atoms with Crippen molar-refractivity contribution in [1.82, 2.24) is 19.8 Å². The minimum absolute atomic E-state index is 0.0289. The van der Waals surface area contributed by atoms with Gasteiger partial charge in [0.25, 0.3) is 5.91 Å². The van der Waals surface area contributed by atoms with Crippen LogP contribution in [0, 0.1) is 0 Å². The molecule has 182 valence electrons. The summed E-state index contributed by atoms with van der Waals surface area (Å²) in [7, 11) is 0. The molecule has 0 unspecified atom stereocenters. The third-order valence-electron chi connectivity index (χ3n) is 6.31. The molecular weight excluding hydrogens is 440 g/mol. The Morgan fingerprint density at radius 1 is 1.00 bits per heavy atom. The van der Waals surface area contributed by atoms with Gasteiger partial charge in [0.05, 0.1) is 17.8 Å². The molecule has 35 heavy (non-hydrogen) atoms. The molecular formula is C27H32N6O2. The average molecular weight is 473 g/mol. The van der Waals surface area contributed by atoms with Crippen molar-refractivity contribution in [2.75, 3.05) is 43.4 Å². The Morgan fingerprint density at radius 3 is 2.46 bits per heavy atom. The number of likely N-dealkylation sites (N-methyl/N-ethyl adjacent to an activating group) is 2. The van der Waals surface area contributed by atoms with Gasteiger partial charge in [-0.05, 0) is 50.3 Å². The van der Waals surface area contributed by atoms with Gasteiger partial charge in [0.2, 0.25) is 11.9 Å². The first-order valence-corrected chi connectivity index (χ1v) is 12.2. The monoisotopic (exact) mass is 472 g/mol. The summed E-state index contributed by atoms with van der Waals surface area (Å²) in [6.45, 7) is 10.5. The van der Waals surface area contributed by atoms with E-state index in [-0.39, 0.29) is 18.2 Å². The van der Waals surface area contributed by atoms with Gasteiger partial charge in [0, 0.05) is 48.2 Å². The van der Waals surface area contributed by atoms with Gasteiger partial charge in [0.15, 0.2) is 0 Å². The summed E-state index contributed by atoms with van der Waals surface area (Å²) in [5.41, 5.74) is 4.55. The maximum absolute atomic E-state index is 13.0. The van der Waals surface area contributed by atoms with Gasteiger partial charge in [0.1, 0.15) is 0 Å². The molecule has 1 aromatic heterocycles. The van der Waals surface area contributed by atoms with E-state index in [1.165, 1.54) is 0 Å². The van der Waals surface area contributed by atoms with Crippen molar-refractivity contribution in [3.05, 3.63) is 65.9 Å². The number of benzene rings is 2. The number of nitrogens with zero attached hydrogens (tertiary/aromatic N) is 4. The Balaban J connectivity index is 1.48. The minimum atomic E-state index is -0.0843. The third-order valence-corrected chi connectivity index (χ3v) is 6.31. The Hall–Kier alpha value is -3.78. The molecule has 1 aliphatic heterocycles. The third kappa shape index (κ3) is 5.66. The van der Waals surface area contributed by atoms with Crippen LogP contribution in [0.25, 0.3) is 11.3 Å². The lowest BCUT2D eigenvalue weighted by atomic mass is 10.1. The number of para-hydroxylation sites is 1. The maximum atomic E-state index is 13.0. The van der Waals surface area contributed by atoms with Crippen molar-refractivity contribution in [3.8, 4) is 11.3 Å². The van der Waals surface area contributed by atoms with Crippen molar-refractivity contribution in [3.63, 3.8) is 0 Å². The van der Waals surface area contributed by atoms with Crippen molar-refractivity contribution in [2.45, 2.75) is 27.2 Å². The first-order chi connectivity index (χ1) is 17.0. The Kier molecular flexibility index (Phi) is 7.72. The van der Waals surface area contributed by atoms with Crippen molar-refractivity contribution < 1.29 is 9.59 Å². The molecule has 4 rings (SSSR count). The van der Waals surface area contributed by atoms with Crippen LogP contribution in [0.15, 0.2) is 54.7 Å². The summed E-state index contributed by atoms with van der Waals surface area (Å²) >= 11 is 0. The van der Waals surface area contributed by atoms with E-state index in [9.17, 15) is 9.59 Å². The van der Waals surface area contributed by atoms with Gasteiger partial charge in [-0.15, -0.1) is 0 Å². The maximum Gasteiger partial charge on any atom is 0.253 e. The standard InChI is InChI=1S/C27H32N6O2/c1-4-32(5-2)15-16-33(6-3)26(35)19-11-13-21(14-12-19)29-27-28-18-20-17-24(34)30-23-10-8-7-9-22(23)25(20)31-27/h7-14,18H,4-6,15-17H2,1-3H3,(H,30,34)(H,28,29,31). The molecule has 0 fully saturated rings. The van der Waals surface area contributed by atoms with E-state index >= 15 is 0 Å². The number of fused-ring (bicyclic) bond motifs is 3. The van der Waals surface area contributed by atoms with Crippen molar-refractivity contribution >= 4 is 29.1 Å². The van der Waals surface area contributed by atoms with Crippen LogP contribution in [0.5, 0.6) is 0 Å². The predicted molar refractivity (Wildman–Crippen MR) is 139 cm³/mol. The van der Waals surface area contributed by atoms with Crippen LogP contribution in [-0.4, -0.2) is 64.3 Å². The highest BCUT2D eigenvalue weighted by atomic mass is 16.2. The van der Waals surface area contributed by atoms with Crippen molar-refractivity contribution in [2.24, 2.45) is 0 Å². The molecule has 0 aliphatic carbocycles. The van der Waals surface area contributed by atoms with Gasteiger partial charge in [-0.1, -0.05) is 32.0 Å². The summed E-state index contributed by atoms with van der Waals surface area (Å²) in [5, 5.41) is 6.15. The molecule has 8 heteroatoms. The molecule has 2 aromatic carbocycles. The number of amides is 2. The zero-order valence-electron chi connectivity index (χ0n) is 20.5. The van der Waals surface area contributed by atoms with Crippen LogP contribution in [0.4, 0.5) is 17.3 Å². The second kappa shape index (κ2) is 11.1. The summed E-state index contributed by atoms with van der Waals surface area (Å²) in [6, 6.07) is 15.0. The Labute approximate surface area is 206 Å². The zero-order chi connectivity index (χ0) is 24.8. The van der Waals surface area contributed by atoms with E-state index in [1.807, 2.05) is 60.4 Å². The molecule has 0 spiro atoms.